The van der Waals surface area contributed by atoms with Gasteiger partial charge in [-0.2, -0.15) is 0 Å². The third-order valence-corrected chi connectivity index (χ3v) is 4.31. The Morgan fingerprint density at radius 1 is 1.24 bits per heavy atom. The second-order valence-corrected chi connectivity index (χ2v) is 5.97. The average molecular weight is 335 g/mol. The zero-order valence-corrected chi connectivity index (χ0v) is 13.5. The van der Waals surface area contributed by atoms with Crippen molar-refractivity contribution in [3.63, 3.8) is 0 Å². The van der Waals surface area contributed by atoms with Crippen LogP contribution in [0.5, 0.6) is 0 Å². The molecule has 1 atom stereocenters. The van der Waals surface area contributed by atoms with Gasteiger partial charge in [0.05, 0.1) is 11.0 Å². The molecule has 0 unspecified atom stereocenters. The largest absolute Gasteiger partial charge is 0.350 e. The van der Waals surface area contributed by atoms with Gasteiger partial charge in [0.1, 0.15) is 18.2 Å². The van der Waals surface area contributed by atoms with E-state index in [-0.39, 0.29) is 11.8 Å². The van der Waals surface area contributed by atoms with Gasteiger partial charge in [0.15, 0.2) is 0 Å². The zero-order chi connectivity index (χ0) is 17.2. The van der Waals surface area contributed by atoms with Gasteiger partial charge in [0.25, 0.3) is 0 Å². The van der Waals surface area contributed by atoms with Gasteiger partial charge in [-0.1, -0.05) is 18.2 Å². The number of imidazole rings is 1. The van der Waals surface area contributed by atoms with Crippen LogP contribution >= 0.6 is 0 Å². The van der Waals surface area contributed by atoms with E-state index in [0.717, 1.165) is 22.4 Å². The minimum absolute atomic E-state index is 0.0768. The Kier molecular flexibility index (Phi) is 3.89. The molecule has 2 amide bonds. The van der Waals surface area contributed by atoms with Gasteiger partial charge in [0, 0.05) is 24.7 Å². The summed E-state index contributed by atoms with van der Waals surface area (Å²) in [6, 6.07) is 11.1. The third kappa shape index (κ3) is 2.96. The van der Waals surface area contributed by atoms with E-state index < -0.39 is 6.04 Å². The molecule has 2 aromatic heterocycles. The summed E-state index contributed by atoms with van der Waals surface area (Å²) in [6.07, 6.45) is 4.39. The van der Waals surface area contributed by atoms with Crippen molar-refractivity contribution in [2.24, 2.45) is 0 Å². The van der Waals surface area contributed by atoms with Gasteiger partial charge < -0.3 is 10.6 Å². The highest BCUT2D eigenvalue weighted by Crippen LogP contribution is 2.19. The van der Waals surface area contributed by atoms with Crippen LogP contribution in [0.1, 0.15) is 18.4 Å². The fourth-order valence-electron chi connectivity index (χ4n) is 3.03. The van der Waals surface area contributed by atoms with E-state index in [0.29, 0.717) is 19.4 Å². The number of amides is 2. The Hall–Kier alpha value is -3.22. The Bertz CT molecular complexity index is 949. The van der Waals surface area contributed by atoms with E-state index >= 15 is 0 Å². The summed E-state index contributed by atoms with van der Waals surface area (Å²) in [6.45, 7) is 0.334. The lowest BCUT2D eigenvalue weighted by atomic mass is 10.2. The van der Waals surface area contributed by atoms with E-state index in [1.54, 1.807) is 12.5 Å². The molecule has 1 saturated heterocycles. The van der Waals surface area contributed by atoms with Crippen LogP contribution in [0.25, 0.3) is 16.9 Å². The molecule has 3 heterocycles. The van der Waals surface area contributed by atoms with Gasteiger partial charge in [-0.15, -0.1) is 0 Å². The maximum atomic E-state index is 12.2. The van der Waals surface area contributed by atoms with Crippen LogP contribution in [-0.2, 0) is 16.1 Å². The number of pyridine rings is 1. The lowest BCUT2D eigenvalue weighted by Gasteiger charge is -2.13. The molecule has 1 aromatic carbocycles. The third-order valence-electron chi connectivity index (χ3n) is 4.31. The lowest BCUT2D eigenvalue weighted by molar-refractivity contribution is -0.125. The predicted octanol–water partition coefficient (Wildman–Crippen LogP) is 1.32. The number of para-hydroxylation sites is 2. The molecular formula is C18H17N5O2. The van der Waals surface area contributed by atoms with Crippen molar-refractivity contribution < 1.29 is 9.59 Å². The lowest BCUT2D eigenvalue weighted by Crippen LogP contribution is -2.41. The van der Waals surface area contributed by atoms with E-state index in [1.165, 1.54) is 0 Å². The molecule has 0 spiro atoms. The molecular weight excluding hydrogens is 318 g/mol. The molecule has 1 aliphatic heterocycles. The van der Waals surface area contributed by atoms with Crippen LogP contribution in [-0.4, -0.2) is 32.4 Å². The summed E-state index contributed by atoms with van der Waals surface area (Å²) in [7, 11) is 0. The highest BCUT2D eigenvalue weighted by molar-refractivity contribution is 5.90. The molecule has 4 rings (SSSR count). The first-order valence-electron chi connectivity index (χ1n) is 8.16. The summed E-state index contributed by atoms with van der Waals surface area (Å²) in [5.41, 5.74) is 2.72. The first-order chi connectivity index (χ1) is 12.2. The van der Waals surface area contributed by atoms with Crippen molar-refractivity contribution in [3.8, 4) is 5.82 Å². The number of aromatic nitrogens is 3. The van der Waals surface area contributed by atoms with Gasteiger partial charge in [-0.25, -0.2) is 9.97 Å². The minimum Gasteiger partial charge on any atom is -0.350 e. The second kappa shape index (κ2) is 6.35. The number of nitrogens with one attached hydrogen (secondary N) is 2. The Morgan fingerprint density at radius 3 is 2.96 bits per heavy atom. The molecule has 0 bridgehead atoms. The highest BCUT2D eigenvalue weighted by Gasteiger charge is 2.27. The van der Waals surface area contributed by atoms with E-state index in [1.807, 2.05) is 41.0 Å². The highest BCUT2D eigenvalue weighted by atomic mass is 16.2. The fourth-order valence-corrected chi connectivity index (χ4v) is 3.03. The molecule has 3 aromatic rings. The van der Waals surface area contributed by atoms with E-state index in [2.05, 4.69) is 20.6 Å². The molecule has 0 saturated carbocycles. The maximum absolute atomic E-state index is 12.2. The van der Waals surface area contributed by atoms with Crippen molar-refractivity contribution in [2.75, 3.05) is 0 Å². The van der Waals surface area contributed by atoms with Crippen molar-refractivity contribution >= 4 is 22.8 Å². The number of carbonyl (C=O) groups excluding carboxylic acids is 2. The molecule has 2 N–H and O–H groups in total. The SMILES string of the molecule is O=C1CC[C@@H](C(=O)NCc2cccnc2-n2cnc3ccccc32)N1. The first-order valence-corrected chi connectivity index (χ1v) is 8.16. The number of carbonyl (C=O) groups is 2. The number of hydrogen-bond acceptors (Lipinski definition) is 4. The van der Waals surface area contributed by atoms with Crippen molar-refractivity contribution in [1.82, 2.24) is 25.2 Å². The van der Waals surface area contributed by atoms with E-state index in [9.17, 15) is 9.59 Å². The molecule has 25 heavy (non-hydrogen) atoms. The Labute approximate surface area is 144 Å². The van der Waals surface area contributed by atoms with Gasteiger partial charge >= 0.3 is 0 Å². The van der Waals surface area contributed by atoms with E-state index in [4.69, 9.17) is 0 Å². The average Bonchev–Trinajstić information content (AvgIpc) is 3.26. The van der Waals surface area contributed by atoms with Crippen molar-refractivity contribution in [2.45, 2.75) is 25.4 Å². The summed E-state index contributed by atoms with van der Waals surface area (Å²) in [5, 5.41) is 5.56. The minimum atomic E-state index is -0.443. The molecule has 0 radical (unpaired) electrons. The molecule has 7 nitrogen and oxygen atoms in total. The standard InChI is InChI=1S/C18H17N5O2/c24-16-8-7-14(22-16)18(25)20-10-12-4-3-9-19-17(12)23-11-21-13-5-1-2-6-15(13)23/h1-6,9,11,14H,7-8,10H2,(H,20,25)(H,22,24)/t14-/m0/s1. The predicted molar refractivity (Wildman–Crippen MR) is 91.9 cm³/mol. The molecule has 1 fully saturated rings. The Balaban J connectivity index is 1.57. The number of benzene rings is 1. The summed E-state index contributed by atoms with van der Waals surface area (Å²) >= 11 is 0. The number of fused-ring (bicyclic) bond motifs is 1. The maximum Gasteiger partial charge on any atom is 0.242 e. The molecule has 126 valence electrons. The molecule has 1 aliphatic rings. The van der Waals surface area contributed by atoms with Gasteiger partial charge in [-0.3, -0.25) is 14.2 Å². The summed E-state index contributed by atoms with van der Waals surface area (Å²) < 4.78 is 1.91. The monoisotopic (exact) mass is 335 g/mol. The summed E-state index contributed by atoms with van der Waals surface area (Å²) in [4.78, 5) is 32.3. The fraction of sp³-hybridized carbons (Fsp3) is 0.222. The number of nitrogens with zero attached hydrogens (tertiary/aromatic N) is 3. The van der Waals surface area contributed by atoms with Crippen molar-refractivity contribution in [3.05, 3.63) is 54.5 Å². The topological polar surface area (TPSA) is 88.9 Å². The smallest absolute Gasteiger partial charge is 0.242 e. The second-order valence-electron chi connectivity index (χ2n) is 5.97. The van der Waals surface area contributed by atoms with Crippen LogP contribution in [0.3, 0.4) is 0 Å². The van der Waals surface area contributed by atoms with Gasteiger partial charge in [-0.05, 0) is 24.6 Å². The van der Waals surface area contributed by atoms with Gasteiger partial charge in [0.2, 0.25) is 11.8 Å². The summed E-state index contributed by atoms with van der Waals surface area (Å²) in [5.74, 6) is 0.482. The van der Waals surface area contributed by atoms with Crippen LogP contribution < -0.4 is 10.6 Å². The van der Waals surface area contributed by atoms with Crippen LogP contribution in [0.4, 0.5) is 0 Å². The van der Waals surface area contributed by atoms with Crippen LogP contribution in [0, 0.1) is 0 Å². The quantitative estimate of drug-likeness (QED) is 0.752. The van der Waals surface area contributed by atoms with Crippen LogP contribution in [0.2, 0.25) is 0 Å². The Morgan fingerprint density at radius 2 is 2.12 bits per heavy atom. The number of hydrogen-bond donors (Lipinski definition) is 2. The number of rotatable bonds is 4. The van der Waals surface area contributed by atoms with Crippen LogP contribution in [0.15, 0.2) is 48.9 Å². The zero-order valence-electron chi connectivity index (χ0n) is 13.5. The van der Waals surface area contributed by atoms with Crippen molar-refractivity contribution in [1.29, 1.82) is 0 Å². The molecule has 0 aliphatic carbocycles. The normalized spacial score (nSPS) is 16.8. The first kappa shape index (κ1) is 15.3. The molecule has 7 heteroatoms.